The summed E-state index contributed by atoms with van der Waals surface area (Å²) >= 11 is 1.59. The molecule has 2 aromatic heterocycles. The standard InChI is InChI=1S/C10H12N2OS/c1-7-9(5-11-12(7)2)10(13)8-3-4-14-6-8/h3-6,10,13H,1-2H3. The minimum atomic E-state index is -0.546. The van der Waals surface area contributed by atoms with Gasteiger partial charge in [0, 0.05) is 18.3 Å². The molecule has 0 radical (unpaired) electrons. The SMILES string of the molecule is Cc1c(C(O)c2ccsc2)cnn1C. The van der Waals surface area contributed by atoms with Crippen molar-refractivity contribution in [2.24, 2.45) is 7.05 Å². The molecule has 14 heavy (non-hydrogen) atoms. The average molecular weight is 208 g/mol. The molecule has 1 atom stereocenters. The van der Waals surface area contributed by atoms with E-state index in [1.165, 1.54) is 0 Å². The molecular formula is C10H12N2OS. The van der Waals surface area contributed by atoms with Gasteiger partial charge in [-0.15, -0.1) is 0 Å². The number of nitrogens with zero attached hydrogens (tertiary/aromatic N) is 2. The van der Waals surface area contributed by atoms with Crippen molar-refractivity contribution in [2.45, 2.75) is 13.0 Å². The lowest BCUT2D eigenvalue weighted by Crippen LogP contribution is -2.00. The van der Waals surface area contributed by atoms with Gasteiger partial charge in [-0.1, -0.05) is 0 Å². The van der Waals surface area contributed by atoms with Crippen molar-refractivity contribution in [1.29, 1.82) is 0 Å². The molecular weight excluding hydrogens is 196 g/mol. The van der Waals surface area contributed by atoms with Crippen molar-refractivity contribution >= 4 is 11.3 Å². The van der Waals surface area contributed by atoms with Crippen LogP contribution in [0.3, 0.4) is 0 Å². The molecule has 74 valence electrons. The van der Waals surface area contributed by atoms with Crippen molar-refractivity contribution in [2.75, 3.05) is 0 Å². The van der Waals surface area contributed by atoms with E-state index >= 15 is 0 Å². The van der Waals surface area contributed by atoms with Gasteiger partial charge in [0.15, 0.2) is 0 Å². The lowest BCUT2D eigenvalue weighted by molar-refractivity contribution is 0.220. The fourth-order valence-corrected chi connectivity index (χ4v) is 2.07. The van der Waals surface area contributed by atoms with Crippen LogP contribution in [-0.4, -0.2) is 14.9 Å². The van der Waals surface area contributed by atoms with E-state index in [2.05, 4.69) is 5.10 Å². The Balaban J connectivity index is 2.36. The van der Waals surface area contributed by atoms with E-state index in [0.717, 1.165) is 16.8 Å². The van der Waals surface area contributed by atoms with E-state index in [4.69, 9.17) is 0 Å². The molecule has 4 heteroatoms. The van der Waals surface area contributed by atoms with Gasteiger partial charge in [-0.2, -0.15) is 16.4 Å². The molecule has 0 amide bonds. The summed E-state index contributed by atoms with van der Waals surface area (Å²) in [5, 5.41) is 18.1. The molecule has 2 aromatic rings. The maximum absolute atomic E-state index is 10.0. The fourth-order valence-electron chi connectivity index (χ4n) is 1.39. The quantitative estimate of drug-likeness (QED) is 0.818. The summed E-state index contributed by atoms with van der Waals surface area (Å²) in [5.74, 6) is 0. The molecule has 2 heterocycles. The van der Waals surface area contributed by atoms with Gasteiger partial charge in [0.25, 0.3) is 0 Å². The maximum atomic E-state index is 10.0. The van der Waals surface area contributed by atoms with Crippen LogP contribution >= 0.6 is 11.3 Å². The van der Waals surface area contributed by atoms with Crippen LogP contribution in [0.4, 0.5) is 0 Å². The Labute approximate surface area is 86.6 Å². The number of aromatic nitrogens is 2. The van der Waals surface area contributed by atoms with Gasteiger partial charge in [-0.3, -0.25) is 4.68 Å². The fraction of sp³-hybridized carbons (Fsp3) is 0.300. The zero-order valence-electron chi connectivity index (χ0n) is 8.14. The highest BCUT2D eigenvalue weighted by molar-refractivity contribution is 7.07. The summed E-state index contributed by atoms with van der Waals surface area (Å²) in [7, 11) is 1.87. The van der Waals surface area contributed by atoms with E-state index in [0.29, 0.717) is 0 Å². The van der Waals surface area contributed by atoms with Crippen LogP contribution in [-0.2, 0) is 7.05 Å². The number of hydrogen-bond acceptors (Lipinski definition) is 3. The van der Waals surface area contributed by atoms with Crippen LogP contribution in [0, 0.1) is 6.92 Å². The van der Waals surface area contributed by atoms with Crippen molar-refractivity contribution in [3.8, 4) is 0 Å². The number of thiophene rings is 1. The minimum Gasteiger partial charge on any atom is -0.383 e. The number of hydrogen-bond donors (Lipinski definition) is 1. The molecule has 0 saturated heterocycles. The monoisotopic (exact) mass is 208 g/mol. The van der Waals surface area contributed by atoms with Gasteiger partial charge in [0.1, 0.15) is 6.10 Å². The van der Waals surface area contributed by atoms with Crippen molar-refractivity contribution < 1.29 is 5.11 Å². The van der Waals surface area contributed by atoms with Crippen LogP contribution in [0.25, 0.3) is 0 Å². The zero-order valence-corrected chi connectivity index (χ0v) is 8.95. The summed E-state index contributed by atoms with van der Waals surface area (Å²) in [5.41, 5.74) is 2.82. The molecule has 0 fully saturated rings. The molecule has 0 spiro atoms. The third kappa shape index (κ3) is 1.47. The molecule has 0 aliphatic rings. The maximum Gasteiger partial charge on any atom is 0.108 e. The predicted molar refractivity (Wildman–Crippen MR) is 56.3 cm³/mol. The van der Waals surface area contributed by atoms with Crippen LogP contribution in [0.1, 0.15) is 22.9 Å². The van der Waals surface area contributed by atoms with E-state index in [9.17, 15) is 5.11 Å². The van der Waals surface area contributed by atoms with Crippen molar-refractivity contribution in [3.05, 3.63) is 39.8 Å². The lowest BCUT2D eigenvalue weighted by atomic mass is 10.1. The molecule has 1 unspecified atom stereocenters. The Morgan fingerprint density at radius 1 is 1.57 bits per heavy atom. The molecule has 0 aliphatic carbocycles. The van der Waals surface area contributed by atoms with E-state index in [1.807, 2.05) is 30.8 Å². The number of rotatable bonds is 2. The Morgan fingerprint density at radius 2 is 2.36 bits per heavy atom. The summed E-state index contributed by atoms with van der Waals surface area (Å²) < 4.78 is 1.77. The van der Waals surface area contributed by atoms with E-state index < -0.39 is 6.10 Å². The second-order valence-corrected chi connectivity index (χ2v) is 4.05. The summed E-state index contributed by atoms with van der Waals surface area (Å²) in [6.45, 7) is 1.96. The van der Waals surface area contributed by atoms with Crippen LogP contribution < -0.4 is 0 Å². The van der Waals surface area contributed by atoms with Gasteiger partial charge in [-0.25, -0.2) is 0 Å². The smallest absolute Gasteiger partial charge is 0.108 e. The van der Waals surface area contributed by atoms with E-state index in [-0.39, 0.29) is 0 Å². The summed E-state index contributed by atoms with van der Waals surface area (Å²) in [6.07, 6.45) is 1.17. The highest BCUT2D eigenvalue weighted by Gasteiger charge is 2.15. The molecule has 1 N–H and O–H groups in total. The highest BCUT2D eigenvalue weighted by atomic mass is 32.1. The van der Waals surface area contributed by atoms with Crippen LogP contribution in [0.2, 0.25) is 0 Å². The molecule has 3 nitrogen and oxygen atoms in total. The first kappa shape index (κ1) is 9.43. The first-order valence-corrected chi connectivity index (χ1v) is 5.33. The Hall–Kier alpha value is -1.13. The average Bonchev–Trinajstić information content (AvgIpc) is 2.77. The molecule has 0 aromatic carbocycles. The zero-order chi connectivity index (χ0) is 10.1. The molecule has 2 rings (SSSR count). The molecule has 0 saturated carbocycles. The van der Waals surface area contributed by atoms with Crippen molar-refractivity contribution in [1.82, 2.24) is 9.78 Å². The van der Waals surface area contributed by atoms with Gasteiger partial charge in [-0.05, 0) is 29.3 Å². The molecule has 0 bridgehead atoms. The second-order valence-electron chi connectivity index (χ2n) is 3.27. The summed E-state index contributed by atoms with van der Waals surface area (Å²) in [6, 6.07) is 1.93. The predicted octanol–water partition coefficient (Wildman–Crippen LogP) is 1.87. The highest BCUT2D eigenvalue weighted by Crippen LogP contribution is 2.25. The Morgan fingerprint density at radius 3 is 2.86 bits per heavy atom. The molecule has 0 aliphatic heterocycles. The third-order valence-corrected chi connectivity index (χ3v) is 3.13. The van der Waals surface area contributed by atoms with Gasteiger partial charge < -0.3 is 5.11 Å². The number of aryl methyl sites for hydroxylation is 1. The third-order valence-electron chi connectivity index (χ3n) is 2.43. The first-order valence-electron chi connectivity index (χ1n) is 4.39. The topological polar surface area (TPSA) is 38.1 Å². The largest absolute Gasteiger partial charge is 0.383 e. The summed E-state index contributed by atoms with van der Waals surface area (Å²) in [4.78, 5) is 0. The number of aliphatic hydroxyl groups excluding tert-OH is 1. The second kappa shape index (κ2) is 3.55. The normalized spacial score (nSPS) is 13.1. The first-order chi connectivity index (χ1) is 6.70. The van der Waals surface area contributed by atoms with Crippen molar-refractivity contribution in [3.63, 3.8) is 0 Å². The van der Waals surface area contributed by atoms with E-state index in [1.54, 1.807) is 22.2 Å². The number of aliphatic hydroxyl groups is 1. The van der Waals surface area contributed by atoms with Crippen LogP contribution in [0.5, 0.6) is 0 Å². The Bertz CT molecular complexity index is 419. The Kier molecular flexibility index (Phi) is 2.39. The van der Waals surface area contributed by atoms with Crippen LogP contribution in [0.15, 0.2) is 23.0 Å². The van der Waals surface area contributed by atoms with Gasteiger partial charge in [0.05, 0.1) is 6.20 Å². The van der Waals surface area contributed by atoms with Gasteiger partial charge >= 0.3 is 0 Å². The van der Waals surface area contributed by atoms with Gasteiger partial charge in [0.2, 0.25) is 0 Å². The lowest BCUT2D eigenvalue weighted by Gasteiger charge is -2.07. The minimum absolute atomic E-state index is 0.546.